The van der Waals surface area contributed by atoms with E-state index in [2.05, 4.69) is 41.1 Å². The second-order valence-electron chi connectivity index (χ2n) is 3.93. The molecule has 88 valence electrons. The average molecular weight is 228 g/mol. The molecular weight excluding hydrogens is 212 g/mol. The summed E-state index contributed by atoms with van der Waals surface area (Å²) in [5.74, 6) is 0. The number of carbonyl (C=O) groups is 1. The first-order valence-corrected chi connectivity index (χ1v) is 5.78. The van der Waals surface area contributed by atoms with Gasteiger partial charge in [0.05, 0.1) is 6.04 Å². The lowest BCUT2D eigenvalue weighted by Gasteiger charge is -2.14. The molecule has 1 unspecified atom stereocenters. The number of nitrogens with one attached hydrogen (secondary N) is 1. The Morgan fingerprint density at radius 1 is 1.24 bits per heavy atom. The number of carbonyl (C=O) groups excluding carboxylic acids is 1. The topological polar surface area (TPSA) is 34.0 Å². The van der Waals surface area contributed by atoms with Gasteiger partial charge in [-0.15, -0.1) is 0 Å². The van der Waals surface area contributed by atoms with Crippen LogP contribution in [0.2, 0.25) is 0 Å². The van der Waals surface area contributed by atoms with Crippen LogP contribution in [-0.4, -0.2) is 11.0 Å². The molecule has 3 nitrogen and oxygen atoms in total. The fourth-order valence-electron chi connectivity index (χ4n) is 1.92. The predicted octanol–water partition coefficient (Wildman–Crippen LogP) is 2.67. The summed E-state index contributed by atoms with van der Waals surface area (Å²) in [6.45, 7) is 2.06. The lowest BCUT2D eigenvalue weighted by Crippen LogP contribution is -2.18. The Kier molecular flexibility index (Phi) is 3.60. The minimum absolute atomic E-state index is 0.103. The van der Waals surface area contributed by atoms with Gasteiger partial charge >= 0.3 is 0 Å². The molecule has 0 saturated heterocycles. The molecule has 1 aromatic carbocycles. The molecular formula is C14H16N2O. The minimum atomic E-state index is 0.103. The lowest BCUT2D eigenvalue weighted by molar-refractivity contribution is -0.110. The predicted molar refractivity (Wildman–Crippen MR) is 68.0 cm³/mol. The Hall–Kier alpha value is -2.03. The van der Waals surface area contributed by atoms with E-state index in [1.165, 1.54) is 0 Å². The molecule has 1 N–H and O–H groups in total. The molecule has 17 heavy (non-hydrogen) atoms. The van der Waals surface area contributed by atoms with Crippen LogP contribution in [0.1, 0.15) is 24.9 Å². The largest absolute Gasteiger partial charge is 0.352 e. The van der Waals surface area contributed by atoms with Crippen molar-refractivity contribution in [3.8, 4) is 5.69 Å². The van der Waals surface area contributed by atoms with E-state index >= 15 is 0 Å². The molecule has 2 rings (SSSR count). The summed E-state index contributed by atoms with van der Waals surface area (Å²) >= 11 is 0. The average Bonchev–Trinajstić information content (AvgIpc) is 2.90. The molecule has 1 atom stereocenters. The zero-order valence-electron chi connectivity index (χ0n) is 9.84. The van der Waals surface area contributed by atoms with Crippen LogP contribution in [0, 0.1) is 0 Å². The van der Waals surface area contributed by atoms with Crippen molar-refractivity contribution >= 4 is 6.41 Å². The van der Waals surface area contributed by atoms with E-state index in [1.807, 2.05) is 24.5 Å². The van der Waals surface area contributed by atoms with Gasteiger partial charge in [0, 0.05) is 18.1 Å². The quantitative estimate of drug-likeness (QED) is 0.784. The molecule has 0 radical (unpaired) electrons. The summed E-state index contributed by atoms with van der Waals surface area (Å²) in [6.07, 6.45) is 5.67. The minimum Gasteiger partial charge on any atom is -0.352 e. The highest BCUT2D eigenvalue weighted by atomic mass is 16.1. The third kappa shape index (κ3) is 2.56. The molecule has 1 heterocycles. The molecule has 0 saturated carbocycles. The summed E-state index contributed by atoms with van der Waals surface area (Å²) in [7, 11) is 0. The fourth-order valence-corrected chi connectivity index (χ4v) is 1.92. The van der Waals surface area contributed by atoms with Crippen LogP contribution in [0.5, 0.6) is 0 Å². The molecule has 0 aliphatic heterocycles. The summed E-state index contributed by atoms with van der Waals surface area (Å²) in [6, 6.07) is 12.3. The van der Waals surface area contributed by atoms with Crippen molar-refractivity contribution < 1.29 is 4.79 Å². The van der Waals surface area contributed by atoms with Crippen LogP contribution in [0.3, 0.4) is 0 Å². The molecule has 3 heteroatoms. The maximum Gasteiger partial charge on any atom is 0.207 e. The van der Waals surface area contributed by atoms with Gasteiger partial charge in [-0.3, -0.25) is 4.79 Å². The zero-order valence-corrected chi connectivity index (χ0v) is 9.84. The van der Waals surface area contributed by atoms with Gasteiger partial charge in [-0.05, 0) is 36.2 Å². The summed E-state index contributed by atoms with van der Waals surface area (Å²) in [5.41, 5.74) is 2.26. The van der Waals surface area contributed by atoms with Gasteiger partial charge in [0.1, 0.15) is 0 Å². The molecule has 2 aromatic rings. The molecule has 0 aliphatic rings. The van der Waals surface area contributed by atoms with Crippen molar-refractivity contribution in [1.29, 1.82) is 0 Å². The standard InChI is InChI=1S/C14H16N2O/c1-2-14(15-11-17)12-5-7-13(8-6-12)16-9-3-4-10-16/h3-11,14H,2H2,1H3,(H,15,17). The molecule has 1 amide bonds. The van der Waals surface area contributed by atoms with Crippen molar-refractivity contribution in [3.05, 3.63) is 54.4 Å². The summed E-state index contributed by atoms with van der Waals surface area (Å²) in [5, 5.41) is 2.82. The second kappa shape index (κ2) is 5.34. The van der Waals surface area contributed by atoms with E-state index in [1.54, 1.807) is 0 Å². The van der Waals surface area contributed by atoms with Crippen LogP contribution >= 0.6 is 0 Å². The molecule has 0 fully saturated rings. The van der Waals surface area contributed by atoms with E-state index < -0.39 is 0 Å². The van der Waals surface area contributed by atoms with Crippen LogP contribution in [0.15, 0.2) is 48.8 Å². The highest BCUT2D eigenvalue weighted by Gasteiger charge is 2.07. The van der Waals surface area contributed by atoms with Crippen molar-refractivity contribution in [2.24, 2.45) is 0 Å². The molecule has 0 spiro atoms. The number of benzene rings is 1. The van der Waals surface area contributed by atoms with Gasteiger partial charge in [0.25, 0.3) is 0 Å². The molecule has 1 aromatic heterocycles. The Balaban J connectivity index is 2.20. The zero-order chi connectivity index (χ0) is 12.1. The third-order valence-corrected chi connectivity index (χ3v) is 2.88. The fraction of sp³-hybridized carbons (Fsp3) is 0.214. The number of nitrogens with zero attached hydrogens (tertiary/aromatic N) is 1. The maximum atomic E-state index is 10.5. The van der Waals surface area contributed by atoms with Crippen molar-refractivity contribution in [2.45, 2.75) is 19.4 Å². The number of aromatic nitrogens is 1. The van der Waals surface area contributed by atoms with Crippen LogP contribution in [0.25, 0.3) is 5.69 Å². The monoisotopic (exact) mass is 228 g/mol. The van der Waals surface area contributed by atoms with E-state index in [0.29, 0.717) is 0 Å². The van der Waals surface area contributed by atoms with Gasteiger partial charge in [-0.2, -0.15) is 0 Å². The Morgan fingerprint density at radius 3 is 2.41 bits per heavy atom. The van der Waals surface area contributed by atoms with Crippen LogP contribution < -0.4 is 5.32 Å². The van der Waals surface area contributed by atoms with Crippen LogP contribution in [0.4, 0.5) is 0 Å². The number of hydrogen-bond acceptors (Lipinski definition) is 1. The Bertz CT molecular complexity index is 459. The third-order valence-electron chi connectivity index (χ3n) is 2.88. The number of amides is 1. The number of rotatable bonds is 5. The highest BCUT2D eigenvalue weighted by Crippen LogP contribution is 2.18. The van der Waals surface area contributed by atoms with Crippen molar-refractivity contribution in [3.63, 3.8) is 0 Å². The number of hydrogen-bond donors (Lipinski definition) is 1. The second-order valence-corrected chi connectivity index (χ2v) is 3.93. The first-order chi connectivity index (χ1) is 8.35. The van der Waals surface area contributed by atoms with E-state index in [4.69, 9.17) is 0 Å². The van der Waals surface area contributed by atoms with E-state index in [9.17, 15) is 4.79 Å². The first-order valence-electron chi connectivity index (χ1n) is 5.78. The molecule has 0 bridgehead atoms. The van der Waals surface area contributed by atoms with Gasteiger partial charge < -0.3 is 9.88 Å². The van der Waals surface area contributed by atoms with Gasteiger partial charge in [0.15, 0.2) is 0 Å². The first kappa shape index (κ1) is 11.5. The maximum absolute atomic E-state index is 10.5. The highest BCUT2D eigenvalue weighted by molar-refractivity contribution is 5.48. The van der Waals surface area contributed by atoms with Crippen LogP contribution in [-0.2, 0) is 4.79 Å². The normalized spacial score (nSPS) is 12.1. The Morgan fingerprint density at radius 2 is 1.88 bits per heavy atom. The van der Waals surface area contributed by atoms with Gasteiger partial charge in [0.2, 0.25) is 6.41 Å². The van der Waals surface area contributed by atoms with Crippen molar-refractivity contribution in [2.75, 3.05) is 0 Å². The summed E-state index contributed by atoms with van der Waals surface area (Å²) < 4.78 is 2.05. The SMILES string of the molecule is CCC(NC=O)c1ccc(-n2cccc2)cc1. The van der Waals surface area contributed by atoms with E-state index in [-0.39, 0.29) is 6.04 Å². The smallest absolute Gasteiger partial charge is 0.207 e. The van der Waals surface area contributed by atoms with E-state index in [0.717, 1.165) is 24.1 Å². The Labute approximate surface area is 101 Å². The summed E-state index contributed by atoms with van der Waals surface area (Å²) in [4.78, 5) is 10.5. The van der Waals surface area contributed by atoms with Crippen molar-refractivity contribution in [1.82, 2.24) is 9.88 Å². The van der Waals surface area contributed by atoms with Gasteiger partial charge in [-0.1, -0.05) is 19.1 Å². The van der Waals surface area contributed by atoms with Gasteiger partial charge in [-0.25, -0.2) is 0 Å². The molecule has 0 aliphatic carbocycles. The lowest BCUT2D eigenvalue weighted by atomic mass is 10.0.